The van der Waals surface area contributed by atoms with Crippen molar-refractivity contribution in [1.82, 2.24) is 19.4 Å². The second-order valence-electron chi connectivity index (χ2n) is 10.4. The van der Waals surface area contributed by atoms with Crippen LogP contribution in [0.15, 0.2) is 76.8 Å². The molecule has 1 amide bonds. The van der Waals surface area contributed by atoms with E-state index in [0.717, 1.165) is 41.8 Å². The average Bonchev–Trinajstić information content (AvgIpc) is 3.49. The molecule has 0 aliphatic heterocycles. The number of benzene rings is 2. The number of hydrogen-bond acceptors (Lipinski definition) is 5. The number of rotatable bonds is 10. The smallest absolute Gasteiger partial charge is 0.337 e. The molecule has 43 heavy (non-hydrogen) atoms. The molecule has 0 fully saturated rings. The summed E-state index contributed by atoms with van der Waals surface area (Å²) in [6.07, 6.45) is 0.100. The lowest BCUT2D eigenvalue weighted by Crippen LogP contribution is -2.36. The number of carbonyl (C=O) groups excluding carboxylic acids is 1. The van der Waals surface area contributed by atoms with Crippen LogP contribution in [0, 0.1) is 5.82 Å². The third-order valence-electron chi connectivity index (χ3n) is 7.33. The van der Waals surface area contributed by atoms with Crippen molar-refractivity contribution in [2.75, 3.05) is 6.54 Å². The third kappa shape index (κ3) is 7.33. The Morgan fingerprint density at radius 3 is 2.37 bits per heavy atom. The summed E-state index contributed by atoms with van der Waals surface area (Å²) in [6.45, 7) is 2.82. The molecule has 11 heteroatoms. The maximum absolute atomic E-state index is 13.7. The van der Waals surface area contributed by atoms with E-state index in [1.165, 1.54) is 36.0 Å². The first-order valence-electron chi connectivity index (χ1n) is 14.0. The number of hydrogen-bond donors (Lipinski definition) is 0. The molecule has 0 saturated carbocycles. The van der Waals surface area contributed by atoms with E-state index in [-0.39, 0.29) is 23.8 Å². The predicted molar refractivity (Wildman–Crippen MR) is 157 cm³/mol. The standard InChI is InChI=1S/C32H30F4N4O2S/c1-2-16-39(18-22-8-15-27(37-17-22)23-9-11-24(12-10-23)32(34,35)36)29(41)19-40-28-5-3-4-26(28)30(42)38-31(40)43-20-21-6-13-25(33)14-7-21/h6-15,17H,2-5,16,18-20H2,1H3. The van der Waals surface area contributed by atoms with Gasteiger partial charge in [0.2, 0.25) is 5.91 Å². The number of alkyl halides is 3. The fourth-order valence-corrected chi connectivity index (χ4v) is 6.09. The van der Waals surface area contributed by atoms with Gasteiger partial charge in [0.05, 0.1) is 11.3 Å². The zero-order valence-electron chi connectivity index (χ0n) is 23.5. The lowest BCUT2D eigenvalue weighted by atomic mass is 10.1. The van der Waals surface area contributed by atoms with E-state index >= 15 is 0 Å². The van der Waals surface area contributed by atoms with Crippen molar-refractivity contribution in [2.45, 2.75) is 62.8 Å². The Morgan fingerprint density at radius 2 is 1.72 bits per heavy atom. The SMILES string of the molecule is CCCN(Cc1ccc(-c2ccc(C(F)(F)F)cc2)nc1)C(=O)Cn1c(SCc2ccc(F)cc2)nc(=O)c2c1CCC2. The van der Waals surface area contributed by atoms with Crippen LogP contribution in [0.1, 0.15) is 47.7 Å². The van der Waals surface area contributed by atoms with Crippen LogP contribution in [0.25, 0.3) is 11.3 Å². The van der Waals surface area contributed by atoms with Gasteiger partial charge in [-0.1, -0.05) is 49.0 Å². The number of pyridine rings is 1. The molecule has 2 aromatic heterocycles. The van der Waals surface area contributed by atoms with E-state index in [1.807, 2.05) is 17.6 Å². The van der Waals surface area contributed by atoms with Crippen molar-refractivity contribution in [1.29, 1.82) is 0 Å². The molecule has 0 atom stereocenters. The highest BCUT2D eigenvalue weighted by Crippen LogP contribution is 2.31. The largest absolute Gasteiger partial charge is 0.416 e. The Morgan fingerprint density at radius 1 is 1.00 bits per heavy atom. The van der Waals surface area contributed by atoms with Crippen LogP contribution in [0.3, 0.4) is 0 Å². The zero-order chi connectivity index (χ0) is 30.6. The monoisotopic (exact) mass is 610 g/mol. The van der Waals surface area contributed by atoms with E-state index < -0.39 is 11.7 Å². The topological polar surface area (TPSA) is 68.1 Å². The van der Waals surface area contributed by atoms with E-state index in [9.17, 15) is 27.2 Å². The Labute approximate surface area is 250 Å². The summed E-state index contributed by atoms with van der Waals surface area (Å²) in [4.78, 5) is 36.9. The van der Waals surface area contributed by atoms with Gasteiger partial charge in [-0.25, -0.2) is 4.39 Å². The van der Waals surface area contributed by atoms with Crippen molar-refractivity contribution < 1.29 is 22.4 Å². The van der Waals surface area contributed by atoms with Crippen LogP contribution in [0.4, 0.5) is 17.6 Å². The molecule has 224 valence electrons. The van der Waals surface area contributed by atoms with Gasteiger partial charge in [0, 0.05) is 41.9 Å². The number of aromatic nitrogens is 3. The minimum Gasteiger partial charge on any atom is -0.337 e. The molecule has 2 heterocycles. The first-order chi connectivity index (χ1) is 20.6. The summed E-state index contributed by atoms with van der Waals surface area (Å²) < 4.78 is 53.9. The second-order valence-corrected chi connectivity index (χ2v) is 11.4. The number of nitrogens with zero attached hydrogens (tertiary/aromatic N) is 4. The molecule has 0 bridgehead atoms. The van der Waals surface area contributed by atoms with Crippen LogP contribution in [0.2, 0.25) is 0 Å². The predicted octanol–water partition coefficient (Wildman–Crippen LogP) is 6.68. The van der Waals surface area contributed by atoms with Gasteiger partial charge in [-0.2, -0.15) is 18.2 Å². The van der Waals surface area contributed by atoms with Crippen LogP contribution >= 0.6 is 11.8 Å². The van der Waals surface area contributed by atoms with Gasteiger partial charge in [-0.05, 0) is 67.1 Å². The summed E-state index contributed by atoms with van der Waals surface area (Å²) in [7, 11) is 0. The van der Waals surface area contributed by atoms with Crippen molar-refractivity contribution in [3.63, 3.8) is 0 Å². The first-order valence-corrected chi connectivity index (χ1v) is 15.0. The number of thioether (sulfide) groups is 1. The van der Waals surface area contributed by atoms with Crippen LogP contribution in [-0.2, 0) is 42.7 Å². The Kier molecular flexibility index (Phi) is 9.29. The quantitative estimate of drug-likeness (QED) is 0.114. The van der Waals surface area contributed by atoms with Gasteiger partial charge in [0.25, 0.3) is 5.56 Å². The molecule has 4 aromatic rings. The Hall–Kier alpha value is -3.99. The minimum absolute atomic E-state index is 0.0262. The van der Waals surface area contributed by atoms with Crippen molar-refractivity contribution >= 4 is 17.7 Å². The maximum atomic E-state index is 13.7. The van der Waals surface area contributed by atoms with Gasteiger partial charge in [-0.15, -0.1) is 0 Å². The highest BCUT2D eigenvalue weighted by atomic mass is 32.2. The number of halogens is 4. The van der Waals surface area contributed by atoms with Gasteiger partial charge in [0.1, 0.15) is 12.4 Å². The normalized spacial score (nSPS) is 12.8. The molecule has 0 radical (unpaired) electrons. The van der Waals surface area contributed by atoms with E-state index in [2.05, 4.69) is 9.97 Å². The van der Waals surface area contributed by atoms with Crippen molar-refractivity contribution in [3.8, 4) is 11.3 Å². The Balaban J connectivity index is 1.33. The van der Waals surface area contributed by atoms with Crippen LogP contribution in [-0.4, -0.2) is 31.9 Å². The first kappa shape index (κ1) is 30.5. The van der Waals surface area contributed by atoms with Gasteiger partial charge in [-0.3, -0.25) is 14.6 Å². The van der Waals surface area contributed by atoms with E-state index in [4.69, 9.17) is 0 Å². The molecule has 0 N–H and O–H groups in total. The number of amides is 1. The molecular weight excluding hydrogens is 580 g/mol. The number of carbonyl (C=O) groups is 1. The highest BCUT2D eigenvalue weighted by Gasteiger charge is 2.30. The average molecular weight is 611 g/mol. The van der Waals surface area contributed by atoms with Crippen LogP contribution < -0.4 is 5.56 Å². The molecule has 2 aromatic carbocycles. The lowest BCUT2D eigenvalue weighted by molar-refractivity contribution is -0.137. The summed E-state index contributed by atoms with van der Waals surface area (Å²) in [5.41, 5.74) is 3.27. The molecule has 6 nitrogen and oxygen atoms in total. The minimum atomic E-state index is -4.40. The number of fused-ring (bicyclic) bond motifs is 1. The molecule has 5 rings (SSSR count). The van der Waals surface area contributed by atoms with Gasteiger partial charge in [0.15, 0.2) is 5.16 Å². The fraction of sp³-hybridized carbons (Fsp3) is 0.312. The molecular formula is C32H30F4N4O2S. The van der Waals surface area contributed by atoms with Gasteiger partial charge >= 0.3 is 6.18 Å². The molecule has 0 saturated heterocycles. The van der Waals surface area contributed by atoms with Crippen LogP contribution in [0.5, 0.6) is 0 Å². The maximum Gasteiger partial charge on any atom is 0.416 e. The second kappa shape index (κ2) is 13.1. The lowest BCUT2D eigenvalue weighted by Gasteiger charge is -2.25. The third-order valence-corrected chi connectivity index (χ3v) is 8.38. The highest BCUT2D eigenvalue weighted by molar-refractivity contribution is 7.98. The van der Waals surface area contributed by atoms with Gasteiger partial charge < -0.3 is 9.47 Å². The van der Waals surface area contributed by atoms with Crippen molar-refractivity contribution in [3.05, 3.63) is 111 Å². The summed E-state index contributed by atoms with van der Waals surface area (Å²) in [5, 5.41) is 0.460. The molecule has 1 aliphatic carbocycles. The summed E-state index contributed by atoms with van der Waals surface area (Å²) in [6, 6.07) is 14.5. The van der Waals surface area contributed by atoms with E-state index in [0.29, 0.717) is 53.7 Å². The zero-order valence-corrected chi connectivity index (χ0v) is 24.3. The van der Waals surface area contributed by atoms with Crippen molar-refractivity contribution in [2.24, 2.45) is 0 Å². The summed E-state index contributed by atoms with van der Waals surface area (Å²) in [5.74, 6) is 0.0131. The molecule has 0 unspecified atom stereocenters. The Bertz CT molecular complexity index is 1640. The molecule has 1 aliphatic rings. The molecule has 0 spiro atoms. The van der Waals surface area contributed by atoms with E-state index in [1.54, 1.807) is 29.3 Å². The fourth-order valence-electron chi connectivity index (χ4n) is 5.12. The summed E-state index contributed by atoms with van der Waals surface area (Å²) >= 11 is 1.35.